The van der Waals surface area contributed by atoms with E-state index in [0.29, 0.717) is 12.2 Å². The lowest BCUT2D eigenvalue weighted by molar-refractivity contribution is -0.134. The molecular weight excluding hydrogens is 340 g/mol. The molecule has 0 amide bonds. The molecule has 0 unspecified atom stereocenters. The fourth-order valence-corrected chi connectivity index (χ4v) is 2.63. The molecule has 0 fully saturated rings. The molecule has 0 aliphatic carbocycles. The van der Waals surface area contributed by atoms with Crippen LogP contribution in [0.25, 0.3) is 0 Å². The van der Waals surface area contributed by atoms with Gasteiger partial charge < -0.3 is 20.4 Å². The predicted octanol–water partition coefficient (Wildman–Crippen LogP) is 2.42. The standard InChI is InChI=1S/C14H24N2S.C4H4O4/c1-3-16(4-2)12-10-15-11-13-17-14-8-6-5-7-9-14;5-3(6)1-2-4(7)8/h5-9,15H,3-4,10-13H2,1-2H3;1-2H,(H,5,6)(H,7,8)/b;2-1-. The SMILES string of the molecule is CCN(CC)CCNCCSc1ccccc1.O=C(O)/C=C\C(=O)O. The number of carboxylic acid groups (broad SMARTS) is 2. The largest absolute Gasteiger partial charge is 0.478 e. The molecule has 0 spiro atoms. The number of hydrogen-bond acceptors (Lipinski definition) is 5. The summed E-state index contributed by atoms with van der Waals surface area (Å²) in [4.78, 5) is 22.9. The van der Waals surface area contributed by atoms with Crippen molar-refractivity contribution in [1.82, 2.24) is 10.2 Å². The molecule has 3 N–H and O–H groups in total. The highest BCUT2D eigenvalue weighted by Gasteiger charge is 1.97. The van der Waals surface area contributed by atoms with Gasteiger partial charge in [-0.15, -0.1) is 11.8 Å². The van der Waals surface area contributed by atoms with Gasteiger partial charge in [0.15, 0.2) is 0 Å². The van der Waals surface area contributed by atoms with Crippen LogP contribution in [0.15, 0.2) is 47.4 Å². The van der Waals surface area contributed by atoms with Crippen LogP contribution in [0, 0.1) is 0 Å². The zero-order valence-corrected chi connectivity index (χ0v) is 15.7. The molecule has 0 saturated heterocycles. The van der Waals surface area contributed by atoms with Crippen LogP contribution in [0.3, 0.4) is 0 Å². The van der Waals surface area contributed by atoms with E-state index in [4.69, 9.17) is 10.2 Å². The monoisotopic (exact) mass is 368 g/mol. The van der Waals surface area contributed by atoms with E-state index >= 15 is 0 Å². The third-order valence-corrected chi connectivity index (χ3v) is 4.17. The molecule has 0 saturated carbocycles. The minimum atomic E-state index is -1.26. The molecule has 0 radical (unpaired) electrons. The molecule has 0 aromatic heterocycles. The van der Waals surface area contributed by atoms with Crippen molar-refractivity contribution in [3.05, 3.63) is 42.5 Å². The fourth-order valence-electron chi connectivity index (χ4n) is 1.80. The average molecular weight is 368 g/mol. The Hall–Kier alpha value is -1.83. The molecule has 0 aliphatic heterocycles. The number of aliphatic carboxylic acids is 2. The van der Waals surface area contributed by atoms with Gasteiger partial charge in [0.05, 0.1) is 0 Å². The molecule has 0 aliphatic rings. The maximum absolute atomic E-state index is 9.55. The van der Waals surface area contributed by atoms with Crippen LogP contribution in [-0.4, -0.2) is 65.5 Å². The summed E-state index contributed by atoms with van der Waals surface area (Å²) in [5, 5.41) is 19.1. The van der Waals surface area contributed by atoms with Crippen LogP contribution < -0.4 is 5.32 Å². The number of carbonyl (C=O) groups is 2. The first-order valence-corrected chi connectivity index (χ1v) is 9.23. The van der Waals surface area contributed by atoms with Crippen molar-refractivity contribution in [3.63, 3.8) is 0 Å². The van der Waals surface area contributed by atoms with Gasteiger partial charge in [-0.1, -0.05) is 32.0 Å². The van der Waals surface area contributed by atoms with Crippen LogP contribution in [0.4, 0.5) is 0 Å². The zero-order chi connectivity index (χ0) is 18.9. The number of thioether (sulfide) groups is 1. The van der Waals surface area contributed by atoms with Crippen LogP contribution in [0.5, 0.6) is 0 Å². The third kappa shape index (κ3) is 15.4. The molecule has 1 rings (SSSR count). The number of benzene rings is 1. The highest BCUT2D eigenvalue weighted by atomic mass is 32.2. The van der Waals surface area contributed by atoms with Crippen LogP contribution in [0.2, 0.25) is 0 Å². The normalized spacial score (nSPS) is 10.5. The van der Waals surface area contributed by atoms with Crippen molar-refractivity contribution in [3.8, 4) is 0 Å². The van der Waals surface area contributed by atoms with Crippen molar-refractivity contribution in [2.24, 2.45) is 0 Å². The molecule has 140 valence electrons. The maximum Gasteiger partial charge on any atom is 0.328 e. The Balaban J connectivity index is 0.000000609. The van der Waals surface area contributed by atoms with Gasteiger partial charge in [0.2, 0.25) is 0 Å². The van der Waals surface area contributed by atoms with Crippen LogP contribution in [0.1, 0.15) is 13.8 Å². The Morgan fingerprint density at radius 3 is 2.08 bits per heavy atom. The predicted molar refractivity (Wildman–Crippen MR) is 102 cm³/mol. The van der Waals surface area contributed by atoms with E-state index in [9.17, 15) is 9.59 Å². The summed E-state index contributed by atoms with van der Waals surface area (Å²) in [6.45, 7) is 10.1. The van der Waals surface area contributed by atoms with Gasteiger partial charge in [-0.3, -0.25) is 0 Å². The molecule has 1 aromatic carbocycles. The molecule has 1 aromatic rings. The Kier molecular flexibility index (Phi) is 14.5. The summed E-state index contributed by atoms with van der Waals surface area (Å²) >= 11 is 1.91. The van der Waals surface area contributed by atoms with E-state index in [2.05, 4.69) is 54.4 Å². The number of nitrogens with zero attached hydrogens (tertiary/aromatic N) is 1. The topological polar surface area (TPSA) is 89.9 Å². The lowest BCUT2D eigenvalue weighted by Crippen LogP contribution is -2.32. The molecule has 0 bridgehead atoms. The zero-order valence-electron chi connectivity index (χ0n) is 14.9. The summed E-state index contributed by atoms with van der Waals surface area (Å²) in [7, 11) is 0. The first-order chi connectivity index (χ1) is 12.0. The summed E-state index contributed by atoms with van der Waals surface area (Å²) in [5.41, 5.74) is 0. The highest BCUT2D eigenvalue weighted by molar-refractivity contribution is 7.99. The lowest BCUT2D eigenvalue weighted by Gasteiger charge is -2.17. The van der Waals surface area contributed by atoms with Gasteiger partial charge in [-0.2, -0.15) is 0 Å². The first-order valence-electron chi connectivity index (χ1n) is 8.24. The second-order valence-corrected chi connectivity index (χ2v) is 6.12. The third-order valence-electron chi connectivity index (χ3n) is 3.16. The fraction of sp³-hybridized carbons (Fsp3) is 0.444. The van der Waals surface area contributed by atoms with Gasteiger partial charge >= 0.3 is 11.9 Å². The molecule has 0 atom stereocenters. The Morgan fingerprint density at radius 1 is 1.04 bits per heavy atom. The molecule has 7 heteroatoms. The van der Waals surface area contributed by atoms with Crippen LogP contribution in [-0.2, 0) is 9.59 Å². The van der Waals surface area contributed by atoms with Crippen molar-refractivity contribution >= 4 is 23.7 Å². The van der Waals surface area contributed by atoms with Crippen molar-refractivity contribution in [1.29, 1.82) is 0 Å². The molecule has 6 nitrogen and oxygen atoms in total. The number of rotatable bonds is 11. The number of carboxylic acids is 2. The van der Waals surface area contributed by atoms with Crippen molar-refractivity contribution < 1.29 is 19.8 Å². The van der Waals surface area contributed by atoms with Crippen LogP contribution >= 0.6 is 11.8 Å². The van der Waals surface area contributed by atoms with Crippen molar-refractivity contribution in [2.45, 2.75) is 18.7 Å². The highest BCUT2D eigenvalue weighted by Crippen LogP contribution is 2.15. The van der Waals surface area contributed by atoms with Gasteiger partial charge in [0.1, 0.15) is 0 Å². The second-order valence-electron chi connectivity index (χ2n) is 4.95. The quantitative estimate of drug-likeness (QED) is 0.314. The van der Waals surface area contributed by atoms with Gasteiger partial charge in [-0.25, -0.2) is 9.59 Å². The summed E-state index contributed by atoms with van der Waals surface area (Å²) in [5.74, 6) is -1.37. The number of likely N-dealkylation sites (N-methyl/N-ethyl adjacent to an activating group) is 1. The van der Waals surface area contributed by atoms with E-state index in [1.807, 2.05) is 11.8 Å². The maximum atomic E-state index is 9.55. The summed E-state index contributed by atoms with van der Waals surface area (Å²) in [6, 6.07) is 10.6. The van der Waals surface area contributed by atoms with E-state index in [1.54, 1.807) is 0 Å². The van der Waals surface area contributed by atoms with Crippen molar-refractivity contribution in [2.75, 3.05) is 38.5 Å². The summed E-state index contributed by atoms with van der Waals surface area (Å²) in [6.07, 6.45) is 1.12. The Labute approximate surface area is 153 Å². The van der Waals surface area contributed by atoms with E-state index in [1.165, 1.54) is 4.90 Å². The smallest absolute Gasteiger partial charge is 0.328 e. The minimum Gasteiger partial charge on any atom is -0.478 e. The molecular formula is C18H28N2O4S. The Bertz CT molecular complexity index is 489. The van der Waals surface area contributed by atoms with Gasteiger partial charge in [0, 0.05) is 42.4 Å². The first kappa shape index (κ1) is 23.2. The van der Waals surface area contributed by atoms with E-state index < -0.39 is 11.9 Å². The average Bonchev–Trinajstić information content (AvgIpc) is 2.61. The second kappa shape index (κ2) is 15.7. The van der Waals surface area contributed by atoms with E-state index in [-0.39, 0.29) is 0 Å². The van der Waals surface area contributed by atoms with E-state index in [0.717, 1.165) is 38.5 Å². The minimum absolute atomic E-state index is 0.558. The molecule has 25 heavy (non-hydrogen) atoms. The Morgan fingerprint density at radius 2 is 1.60 bits per heavy atom. The summed E-state index contributed by atoms with van der Waals surface area (Å²) < 4.78 is 0. The number of hydrogen-bond donors (Lipinski definition) is 3. The van der Waals surface area contributed by atoms with Gasteiger partial charge in [0.25, 0.3) is 0 Å². The molecule has 0 heterocycles. The lowest BCUT2D eigenvalue weighted by atomic mass is 10.4. The number of nitrogens with one attached hydrogen (secondary N) is 1. The van der Waals surface area contributed by atoms with Gasteiger partial charge in [-0.05, 0) is 25.2 Å².